The summed E-state index contributed by atoms with van der Waals surface area (Å²) in [5, 5.41) is 9.78. The van der Waals surface area contributed by atoms with Crippen LogP contribution in [-0.4, -0.2) is 16.5 Å². The fraction of sp³-hybridized carbons (Fsp3) is 0.875. The maximum atomic E-state index is 11.1. The highest BCUT2D eigenvalue weighted by atomic mass is 16.3. The molecular weight excluding hydrogens is 128 g/mol. The lowest BCUT2D eigenvalue weighted by molar-refractivity contribution is -0.123. The maximum Gasteiger partial charge on any atom is 0.138 e. The standard InChI is InChI=1S/C8H12O2/c9-7-3-5-8(10)4-1-2-6(7)8/h6,10H,1-5H2. The summed E-state index contributed by atoms with van der Waals surface area (Å²) in [6.45, 7) is 0. The van der Waals surface area contributed by atoms with Crippen molar-refractivity contribution in [3.05, 3.63) is 0 Å². The highest BCUT2D eigenvalue weighted by Crippen LogP contribution is 2.45. The van der Waals surface area contributed by atoms with Crippen LogP contribution < -0.4 is 0 Å². The number of carbonyl (C=O) groups is 1. The molecule has 10 heavy (non-hydrogen) atoms. The molecule has 2 nitrogen and oxygen atoms in total. The Kier molecular flexibility index (Phi) is 1.15. The zero-order chi connectivity index (χ0) is 7.19. The number of rotatable bonds is 0. The van der Waals surface area contributed by atoms with Gasteiger partial charge in [-0.3, -0.25) is 4.79 Å². The van der Waals surface area contributed by atoms with E-state index in [0.717, 1.165) is 25.7 Å². The molecule has 2 atom stereocenters. The SMILES string of the molecule is O=C1CCC2(O)CCCC12. The van der Waals surface area contributed by atoms with Gasteiger partial charge in [-0.2, -0.15) is 0 Å². The molecule has 0 bridgehead atoms. The molecule has 0 aliphatic heterocycles. The molecule has 0 radical (unpaired) electrons. The topological polar surface area (TPSA) is 37.3 Å². The van der Waals surface area contributed by atoms with Crippen LogP contribution in [0.25, 0.3) is 0 Å². The average molecular weight is 140 g/mol. The molecule has 2 aliphatic rings. The Morgan fingerprint density at radius 3 is 3.00 bits per heavy atom. The van der Waals surface area contributed by atoms with Crippen molar-refractivity contribution < 1.29 is 9.90 Å². The van der Waals surface area contributed by atoms with Gasteiger partial charge in [0, 0.05) is 12.3 Å². The van der Waals surface area contributed by atoms with Crippen molar-refractivity contribution in [3.63, 3.8) is 0 Å². The molecule has 2 fully saturated rings. The van der Waals surface area contributed by atoms with Gasteiger partial charge < -0.3 is 5.11 Å². The first kappa shape index (κ1) is 6.35. The normalized spacial score (nSPS) is 46.1. The fourth-order valence-electron chi connectivity index (χ4n) is 2.33. The van der Waals surface area contributed by atoms with Gasteiger partial charge in [-0.15, -0.1) is 0 Å². The van der Waals surface area contributed by atoms with Crippen LogP contribution in [0.1, 0.15) is 32.1 Å². The summed E-state index contributed by atoms with van der Waals surface area (Å²) in [7, 11) is 0. The second kappa shape index (κ2) is 1.82. The second-order valence-corrected chi connectivity index (χ2v) is 3.51. The van der Waals surface area contributed by atoms with Crippen LogP contribution in [0.5, 0.6) is 0 Å². The van der Waals surface area contributed by atoms with Crippen LogP contribution in [0.3, 0.4) is 0 Å². The van der Waals surface area contributed by atoms with Crippen LogP contribution in [0.15, 0.2) is 0 Å². The Balaban J connectivity index is 2.27. The van der Waals surface area contributed by atoms with E-state index in [1.165, 1.54) is 0 Å². The van der Waals surface area contributed by atoms with Crippen LogP contribution in [0.4, 0.5) is 0 Å². The summed E-state index contributed by atoms with van der Waals surface area (Å²) < 4.78 is 0. The van der Waals surface area contributed by atoms with Crippen molar-refractivity contribution in [2.24, 2.45) is 5.92 Å². The van der Waals surface area contributed by atoms with Crippen molar-refractivity contribution in [3.8, 4) is 0 Å². The Morgan fingerprint density at radius 1 is 1.50 bits per heavy atom. The predicted molar refractivity (Wildman–Crippen MR) is 36.5 cm³/mol. The molecule has 0 aromatic heterocycles. The third-order valence-electron chi connectivity index (χ3n) is 2.94. The molecular formula is C8H12O2. The van der Waals surface area contributed by atoms with Crippen LogP contribution in [0.2, 0.25) is 0 Å². The van der Waals surface area contributed by atoms with Crippen LogP contribution >= 0.6 is 0 Å². The molecule has 0 aromatic rings. The number of carbonyl (C=O) groups excluding carboxylic acids is 1. The summed E-state index contributed by atoms with van der Waals surface area (Å²) in [5.41, 5.74) is -0.572. The van der Waals surface area contributed by atoms with E-state index in [9.17, 15) is 9.90 Å². The molecule has 2 unspecified atom stereocenters. The van der Waals surface area contributed by atoms with Crippen LogP contribution in [0, 0.1) is 5.92 Å². The Morgan fingerprint density at radius 2 is 2.30 bits per heavy atom. The number of hydrogen-bond donors (Lipinski definition) is 1. The highest BCUT2D eigenvalue weighted by molar-refractivity contribution is 5.85. The summed E-state index contributed by atoms with van der Waals surface area (Å²) in [5.74, 6) is 0.299. The first-order valence-corrected chi connectivity index (χ1v) is 3.97. The predicted octanol–water partition coefficient (Wildman–Crippen LogP) is 0.881. The van der Waals surface area contributed by atoms with E-state index >= 15 is 0 Å². The molecule has 2 rings (SSSR count). The minimum atomic E-state index is -0.572. The molecule has 0 spiro atoms. The van der Waals surface area contributed by atoms with E-state index in [-0.39, 0.29) is 5.92 Å². The number of Topliss-reactive ketones (excluding diaryl/α,β-unsaturated/α-hetero) is 1. The van der Waals surface area contributed by atoms with Crippen molar-refractivity contribution in [2.75, 3.05) is 0 Å². The molecule has 0 saturated heterocycles. The van der Waals surface area contributed by atoms with Crippen molar-refractivity contribution in [2.45, 2.75) is 37.7 Å². The number of hydrogen-bond acceptors (Lipinski definition) is 2. The molecule has 2 heteroatoms. The van der Waals surface area contributed by atoms with Gasteiger partial charge in [-0.05, 0) is 25.7 Å². The number of ketones is 1. The third kappa shape index (κ3) is 0.655. The average Bonchev–Trinajstić information content (AvgIpc) is 2.35. The molecule has 1 N–H and O–H groups in total. The lowest BCUT2D eigenvalue weighted by Crippen LogP contribution is -2.29. The summed E-state index contributed by atoms with van der Waals surface area (Å²) in [4.78, 5) is 11.1. The molecule has 2 aliphatic carbocycles. The number of aliphatic hydroxyl groups is 1. The monoisotopic (exact) mass is 140 g/mol. The Hall–Kier alpha value is -0.370. The van der Waals surface area contributed by atoms with Gasteiger partial charge in [-0.25, -0.2) is 0 Å². The van der Waals surface area contributed by atoms with E-state index in [2.05, 4.69) is 0 Å². The highest BCUT2D eigenvalue weighted by Gasteiger charge is 2.49. The van der Waals surface area contributed by atoms with Gasteiger partial charge in [0.1, 0.15) is 5.78 Å². The van der Waals surface area contributed by atoms with Crippen molar-refractivity contribution >= 4 is 5.78 Å². The van der Waals surface area contributed by atoms with Crippen molar-refractivity contribution in [1.29, 1.82) is 0 Å². The van der Waals surface area contributed by atoms with Gasteiger partial charge in [-0.1, -0.05) is 0 Å². The zero-order valence-corrected chi connectivity index (χ0v) is 5.97. The summed E-state index contributed by atoms with van der Waals surface area (Å²) in [6.07, 6.45) is 4.14. The Labute approximate surface area is 60.2 Å². The molecule has 0 aromatic carbocycles. The van der Waals surface area contributed by atoms with Gasteiger partial charge in [0.2, 0.25) is 0 Å². The van der Waals surface area contributed by atoms with E-state index in [1.54, 1.807) is 0 Å². The summed E-state index contributed by atoms with van der Waals surface area (Å²) in [6, 6.07) is 0. The first-order valence-electron chi connectivity index (χ1n) is 3.97. The molecule has 56 valence electrons. The minimum absolute atomic E-state index is 0.00694. The fourth-order valence-corrected chi connectivity index (χ4v) is 2.33. The summed E-state index contributed by atoms with van der Waals surface area (Å²) >= 11 is 0. The molecule has 0 heterocycles. The number of fused-ring (bicyclic) bond motifs is 1. The molecule has 0 amide bonds. The smallest absolute Gasteiger partial charge is 0.138 e. The zero-order valence-electron chi connectivity index (χ0n) is 5.97. The minimum Gasteiger partial charge on any atom is -0.389 e. The lowest BCUT2D eigenvalue weighted by Gasteiger charge is -2.19. The van der Waals surface area contributed by atoms with Crippen LogP contribution in [-0.2, 0) is 4.79 Å². The van der Waals surface area contributed by atoms with Crippen molar-refractivity contribution in [1.82, 2.24) is 0 Å². The largest absolute Gasteiger partial charge is 0.389 e. The Bertz CT molecular complexity index is 176. The van der Waals surface area contributed by atoms with Gasteiger partial charge in [0.05, 0.1) is 5.60 Å². The third-order valence-corrected chi connectivity index (χ3v) is 2.94. The van der Waals surface area contributed by atoms with E-state index in [4.69, 9.17) is 0 Å². The van der Waals surface area contributed by atoms with E-state index < -0.39 is 5.60 Å². The van der Waals surface area contributed by atoms with Gasteiger partial charge in [0.25, 0.3) is 0 Å². The van der Waals surface area contributed by atoms with E-state index in [0.29, 0.717) is 12.2 Å². The first-order chi connectivity index (χ1) is 4.72. The second-order valence-electron chi connectivity index (χ2n) is 3.51. The quantitative estimate of drug-likeness (QED) is 0.542. The van der Waals surface area contributed by atoms with Gasteiger partial charge in [0.15, 0.2) is 0 Å². The maximum absolute atomic E-state index is 11.1. The lowest BCUT2D eigenvalue weighted by atomic mass is 9.95. The molecule has 2 saturated carbocycles. The van der Waals surface area contributed by atoms with E-state index in [1.807, 2.05) is 0 Å². The van der Waals surface area contributed by atoms with Gasteiger partial charge >= 0.3 is 0 Å².